The van der Waals surface area contributed by atoms with E-state index in [1.807, 2.05) is 30.3 Å². The van der Waals surface area contributed by atoms with Crippen LogP contribution in [0.2, 0.25) is 0 Å². The maximum absolute atomic E-state index is 14.9. The zero-order chi connectivity index (χ0) is 40.1. The number of likely N-dealkylation sites (tertiary alicyclic amines) is 1. The molecule has 16 nitrogen and oxygen atoms in total. The molecule has 1 saturated heterocycles. The molecule has 1 aliphatic heterocycles. The number of benzene rings is 2. The van der Waals surface area contributed by atoms with Crippen molar-refractivity contribution >= 4 is 40.5 Å². The van der Waals surface area contributed by atoms with Crippen LogP contribution in [0, 0.1) is 17.8 Å². The normalized spacial score (nSPS) is 23.4. The predicted molar refractivity (Wildman–Crippen MR) is 205 cm³/mol. The van der Waals surface area contributed by atoms with E-state index in [0.29, 0.717) is 48.3 Å². The van der Waals surface area contributed by atoms with E-state index in [2.05, 4.69) is 26.3 Å². The largest absolute Gasteiger partial charge is 0.465 e. The molecule has 0 radical (unpaired) electrons. The first-order chi connectivity index (χ1) is 26.7. The minimum atomic E-state index is -1.75. The van der Waals surface area contributed by atoms with Gasteiger partial charge >= 0.3 is 6.09 Å². The van der Waals surface area contributed by atoms with Crippen LogP contribution in [0.3, 0.4) is 0 Å². The molecule has 2 saturated carbocycles. The number of nitrogens with one attached hydrogen (secondary N) is 3. The number of hydrogen-bond donors (Lipinski definition) is 7. The number of rotatable bonds is 17. The molecule has 3 aromatic rings. The fourth-order valence-electron chi connectivity index (χ4n) is 9.05. The molecule has 8 N–H and O–H groups in total. The van der Waals surface area contributed by atoms with Crippen LogP contribution in [-0.4, -0.2) is 102 Å². The number of aliphatic hydroxyl groups excluding tert-OH is 1. The number of hydrogen-bond acceptors (Lipinski definition) is 9. The summed E-state index contributed by atoms with van der Waals surface area (Å²) >= 11 is 0. The molecule has 1 aromatic heterocycles. The fraction of sp³-hybridized carbons (Fsp3) is 0.575. The van der Waals surface area contributed by atoms with Crippen molar-refractivity contribution in [2.45, 2.75) is 114 Å². The van der Waals surface area contributed by atoms with E-state index in [0.717, 1.165) is 23.6 Å². The van der Waals surface area contributed by atoms with Gasteiger partial charge in [-0.25, -0.2) is 9.48 Å². The highest BCUT2D eigenvalue weighted by Gasteiger charge is 2.46. The summed E-state index contributed by atoms with van der Waals surface area (Å²) in [5.41, 5.74) is 4.88. The lowest BCUT2D eigenvalue weighted by molar-refractivity contribution is -0.141. The number of carbonyl (C=O) groups is 5. The van der Waals surface area contributed by atoms with Crippen LogP contribution in [0.4, 0.5) is 4.79 Å². The predicted octanol–water partition coefficient (Wildman–Crippen LogP) is 2.58. The number of primary amides is 1. The summed E-state index contributed by atoms with van der Waals surface area (Å²) in [7, 11) is 0. The van der Waals surface area contributed by atoms with Gasteiger partial charge in [0.2, 0.25) is 17.7 Å². The van der Waals surface area contributed by atoms with Gasteiger partial charge < -0.3 is 41.9 Å². The van der Waals surface area contributed by atoms with Gasteiger partial charge in [-0.3, -0.25) is 19.2 Å². The van der Waals surface area contributed by atoms with Gasteiger partial charge in [0.05, 0.1) is 24.0 Å². The molecule has 56 heavy (non-hydrogen) atoms. The number of fused-ring (bicyclic) bond motifs is 3. The summed E-state index contributed by atoms with van der Waals surface area (Å²) in [6, 6.07) is 9.24. The zero-order valence-corrected chi connectivity index (χ0v) is 32.0. The smallest absolute Gasteiger partial charge is 0.404 e. The molecule has 6 rings (SSSR count). The average molecular weight is 775 g/mol. The van der Waals surface area contributed by atoms with Gasteiger partial charge in [-0.05, 0) is 106 Å². The van der Waals surface area contributed by atoms with Crippen LogP contribution in [0.5, 0.6) is 0 Å². The summed E-state index contributed by atoms with van der Waals surface area (Å²) in [4.78, 5) is 67.5. The maximum Gasteiger partial charge on any atom is 0.404 e. The van der Waals surface area contributed by atoms with E-state index < -0.39 is 65.6 Å². The first-order valence-corrected chi connectivity index (χ1v) is 19.7. The van der Waals surface area contributed by atoms with Crippen LogP contribution in [0.1, 0.15) is 100 Å². The van der Waals surface area contributed by atoms with Gasteiger partial charge in [-0.15, -0.1) is 5.10 Å². The monoisotopic (exact) mass is 774 g/mol. The molecule has 2 heterocycles. The first kappa shape index (κ1) is 40.6. The summed E-state index contributed by atoms with van der Waals surface area (Å²) < 4.78 is 1.51. The second kappa shape index (κ2) is 17.4. The Kier molecular flexibility index (Phi) is 12.6. The van der Waals surface area contributed by atoms with E-state index >= 15 is 0 Å². The van der Waals surface area contributed by atoms with Crippen molar-refractivity contribution in [2.24, 2.45) is 23.5 Å². The number of aromatic nitrogens is 3. The summed E-state index contributed by atoms with van der Waals surface area (Å²) in [5.74, 6) is -0.828. The molecular weight excluding hydrogens is 720 g/mol. The van der Waals surface area contributed by atoms with Crippen molar-refractivity contribution in [3.8, 4) is 0 Å². The number of aliphatic hydroxyl groups is 2. The summed E-state index contributed by atoms with van der Waals surface area (Å²) in [6.45, 7) is 3.30. The van der Waals surface area contributed by atoms with Crippen LogP contribution >= 0.6 is 0 Å². The van der Waals surface area contributed by atoms with Crippen molar-refractivity contribution < 1.29 is 39.3 Å². The van der Waals surface area contributed by atoms with Crippen LogP contribution in [0.15, 0.2) is 48.7 Å². The second-order valence-corrected chi connectivity index (χ2v) is 16.3. The van der Waals surface area contributed by atoms with Crippen molar-refractivity contribution in [2.75, 3.05) is 13.1 Å². The standard InChI is InChI=1S/C40H54N8O8/c1-40(2,56)33-21-43-46-48(33)29-20-32(37(52)44-30(34(49)35(41)50)9-5-6-16-42-39(54)55)47(22-29)38(53)31(15-14-27-18-23-10-11-26(27)17-23)45-36(51)28-13-12-24-7-3-4-8-25(24)19-28/h3-4,7-8,12-13,19,21,23,26-27,29-32,34,42,49,56H,5-6,9-11,14-18,20,22H2,1-2H3,(H2,41,50)(H,44,52)(H,45,51)(H,54,55)/t23-,26+,27?,29+,30?,31?,32+,34?/m1/s1. The zero-order valence-electron chi connectivity index (χ0n) is 32.0. The van der Waals surface area contributed by atoms with Gasteiger partial charge in [-0.2, -0.15) is 0 Å². The van der Waals surface area contributed by atoms with E-state index in [4.69, 9.17) is 10.8 Å². The number of unbranched alkanes of at least 4 members (excludes halogenated alkanes) is 1. The van der Waals surface area contributed by atoms with Gasteiger partial charge in [-0.1, -0.05) is 42.0 Å². The third-order valence-corrected chi connectivity index (χ3v) is 12.0. The molecule has 4 unspecified atom stereocenters. The van der Waals surface area contributed by atoms with Crippen molar-refractivity contribution in [3.05, 3.63) is 59.9 Å². The van der Waals surface area contributed by atoms with Gasteiger partial charge in [0, 0.05) is 25.1 Å². The minimum absolute atomic E-state index is 0.00370. The van der Waals surface area contributed by atoms with Crippen LogP contribution in [-0.2, 0) is 20.0 Å². The average Bonchev–Trinajstić information content (AvgIpc) is 3.99. The maximum atomic E-state index is 14.9. The Morgan fingerprint density at radius 3 is 2.43 bits per heavy atom. The number of nitrogens with zero attached hydrogens (tertiary/aromatic N) is 4. The van der Waals surface area contributed by atoms with Gasteiger partial charge in [0.1, 0.15) is 17.7 Å². The quantitative estimate of drug-likeness (QED) is 0.0989. The molecule has 8 atom stereocenters. The number of amides is 5. The Hall–Kier alpha value is -5.09. The lowest BCUT2D eigenvalue weighted by atomic mass is 9.84. The molecule has 2 aliphatic carbocycles. The van der Waals surface area contributed by atoms with E-state index in [9.17, 15) is 34.2 Å². The number of carboxylic acid groups (broad SMARTS) is 1. The highest BCUT2D eigenvalue weighted by atomic mass is 16.4. The summed E-state index contributed by atoms with van der Waals surface area (Å²) in [5, 5.41) is 48.7. The van der Waals surface area contributed by atoms with Crippen LogP contribution in [0.25, 0.3) is 10.8 Å². The molecule has 5 amide bonds. The Labute approximate surface area is 325 Å². The molecule has 16 heteroatoms. The third kappa shape index (κ3) is 9.46. The first-order valence-electron chi connectivity index (χ1n) is 19.7. The van der Waals surface area contributed by atoms with Crippen LogP contribution < -0.4 is 21.7 Å². The molecule has 3 fully saturated rings. The Balaban J connectivity index is 1.27. The van der Waals surface area contributed by atoms with Crippen molar-refractivity contribution in [3.63, 3.8) is 0 Å². The lowest BCUT2D eigenvalue weighted by Gasteiger charge is -2.31. The lowest BCUT2D eigenvalue weighted by Crippen LogP contribution is -2.57. The summed E-state index contributed by atoms with van der Waals surface area (Å²) in [6.07, 6.45) is 5.16. The van der Waals surface area contributed by atoms with E-state index in [-0.39, 0.29) is 25.9 Å². The molecule has 0 spiro atoms. The fourth-order valence-corrected chi connectivity index (χ4v) is 9.05. The van der Waals surface area contributed by atoms with Gasteiger partial charge in [0.15, 0.2) is 6.10 Å². The third-order valence-electron chi connectivity index (χ3n) is 12.0. The van der Waals surface area contributed by atoms with E-state index in [1.165, 1.54) is 35.0 Å². The molecular formula is C40H54N8O8. The SMILES string of the molecule is CC(C)(O)c1cnnn1[C@H]1C[C@@H](C(=O)NC(CCCCNC(=O)O)C(O)C(N)=O)N(C(=O)C(CCC2C[C@@H]3CC[C@H]2C3)NC(=O)c2ccc3ccccc3c2)C1. The van der Waals surface area contributed by atoms with Crippen molar-refractivity contribution in [1.29, 1.82) is 0 Å². The molecule has 3 aliphatic rings. The molecule has 2 aromatic carbocycles. The van der Waals surface area contributed by atoms with Crippen molar-refractivity contribution in [1.82, 2.24) is 35.8 Å². The Morgan fingerprint density at radius 1 is 0.982 bits per heavy atom. The highest BCUT2D eigenvalue weighted by molar-refractivity contribution is 6.01. The molecule has 302 valence electrons. The number of carbonyl (C=O) groups excluding carboxylic acids is 4. The number of nitrogens with two attached hydrogens (primary N) is 1. The minimum Gasteiger partial charge on any atom is -0.465 e. The second-order valence-electron chi connectivity index (χ2n) is 16.3. The Bertz CT molecular complexity index is 1910. The van der Waals surface area contributed by atoms with E-state index in [1.54, 1.807) is 26.0 Å². The highest BCUT2D eigenvalue weighted by Crippen LogP contribution is 2.50. The molecule has 2 bridgehead atoms. The Morgan fingerprint density at radius 2 is 1.75 bits per heavy atom. The topological polar surface area (TPSA) is 242 Å². The van der Waals surface area contributed by atoms with Gasteiger partial charge in [0.25, 0.3) is 5.91 Å².